The molecule has 0 saturated heterocycles. The third-order valence-corrected chi connectivity index (χ3v) is 2.69. The van der Waals surface area contributed by atoms with Gasteiger partial charge in [-0.15, -0.1) is 0 Å². The molecule has 1 aromatic carbocycles. The van der Waals surface area contributed by atoms with Crippen molar-refractivity contribution in [3.05, 3.63) is 33.9 Å². The maximum Gasteiger partial charge on any atom is 0.423 e. The monoisotopic (exact) mass is 320 g/mol. The van der Waals surface area contributed by atoms with Gasteiger partial charge in [-0.25, -0.2) is 0 Å². The quantitative estimate of drug-likeness (QED) is 0.617. The number of benzene rings is 1. The van der Waals surface area contributed by atoms with Crippen LogP contribution in [0.3, 0.4) is 0 Å². The van der Waals surface area contributed by atoms with Crippen molar-refractivity contribution in [1.29, 1.82) is 0 Å². The van der Waals surface area contributed by atoms with Gasteiger partial charge in [0.05, 0.1) is 4.92 Å². The molecule has 0 aromatic heterocycles. The van der Waals surface area contributed by atoms with E-state index in [1.165, 1.54) is 7.05 Å². The first-order chi connectivity index (χ1) is 10.1. The third-order valence-electron chi connectivity index (χ3n) is 2.69. The lowest BCUT2D eigenvalue weighted by Crippen LogP contribution is -2.30. The van der Waals surface area contributed by atoms with E-state index < -0.39 is 28.3 Å². The summed E-state index contributed by atoms with van der Waals surface area (Å²) in [5, 5.41) is 10.6. The van der Waals surface area contributed by atoms with Crippen LogP contribution in [0.15, 0.2) is 18.2 Å². The zero-order valence-electron chi connectivity index (χ0n) is 13.1. The van der Waals surface area contributed by atoms with Crippen molar-refractivity contribution in [1.82, 2.24) is 0 Å². The molecule has 5 nitrogen and oxygen atoms in total. The fourth-order valence-corrected chi connectivity index (χ4v) is 1.63. The van der Waals surface area contributed by atoms with Crippen LogP contribution in [0.2, 0.25) is 0 Å². The summed E-state index contributed by atoms with van der Waals surface area (Å²) in [5.74, 6) is -0.781. The Bertz CT molecular complexity index is 543. The van der Waals surface area contributed by atoms with Gasteiger partial charge in [-0.2, -0.15) is 13.2 Å². The molecular weight excluding hydrogens is 301 g/mol. The Hall–Kier alpha value is -2.12. The zero-order valence-corrected chi connectivity index (χ0v) is 13.1. The van der Waals surface area contributed by atoms with Gasteiger partial charge in [0.1, 0.15) is 5.56 Å². The van der Waals surface area contributed by atoms with E-state index in [1.807, 2.05) is 13.8 Å². The summed E-state index contributed by atoms with van der Waals surface area (Å²) in [4.78, 5) is 22.3. The number of nitrogens with zero attached hydrogens (tertiary/aromatic N) is 2. The highest BCUT2D eigenvalue weighted by Crippen LogP contribution is 2.38. The first kappa shape index (κ1) is 19.9. The van der Waals surface area contributed by atoms with Gasteiger partial charge in [0.15, 0.2) is 0 Å². The number of anilines is 1. The number of nitro benzene ring substituents is 1. The van der Waals surface area contributed by atoms with Crippen LogP contribution >= 0.6 is 0 Å². The van der Waals surface area contributed by atoms with Crippen molar-refractivity contribution in [2.45, 2.75) is 33.9 Å². The number of hydrogen-bond acceptors (Lipinski definition) is 3. The molecular formula is C14H19F3N2O3. The molecule has 0 radical (unpaired) electrons. The van der Waals surface area contributed by atoms with Crippen LogP contribution in [0.5, 0.6) is 0 Å². The summed E-state index contributed by atoms with van der Waals surface area (Å²) >= 11 is 0. The maximum atomic E-state index is 12.8. The van der Waals surface area contributed by atoms with Gasteiger partial charge >= 0.3 is 6.18 Å². The molecule has 0 fully saturated rings. The van der Waals surface area contributed by atoms with E-state index in [0.29, 0.717) is 6.07 Å². The average Bonchev–Trinajstić information content (AvgIpc) is 2.46. The standard InChI is InChI=1S/C12H13F3N2O3.C2H6/c1-7(2)11(18)16(3)8-4-5-10(17(19)20)9(6-8)12(13,14)15;1-2/h4-7H,1-3H3;1-2H3. The van der Waals surface area contributed by atoms with Gasteiger partial charge in [-0.1, -0.05) is 27.7 Å². The summed E-state index contributed by atoms with van der Waals surface area (Å²) < 4.78 is 38.4. The smallest absolute Gasteiger partial charge is 0.315 e. The molecule has 1 rings (SSSR count). The van der Waals surface area contributed by atoms with E-state index in [2.05, 4.69) is 0 Å². The molecule has 22 heavy (non-hydrogen) atoms. The van der Waals surface area contributed by atoms with Crippen LogP contribution in [0, 0.1) is 16.0 Å². The van der Waals surface area contributed by atoms with E-state index >= 15 is 0 Å². The van der Waals surface area contributed by atoms with Crippen molar-refractivity contribution in [2.75, 3.05) is 11.9 Å². The normalized spacial score (nSPS) is 10.8. The first-order valence-corrected chi connectivity index (χ1v) is 6.69. The van der Waals surface area contributed by atoms with Gasteiger partial charge < -0.3 is 4.90 Å². The van der Waals surface area contributed by atoms with E-state index in [1.54, 1.807) is 13.8 Å². The average molecular weight is 320 g/mol. The van der Waals surface area contributed by atoms with Gasteiger partial charge in [0.2, 0.25) is 5.91 Å². The minimum atomic E-state index is -4.86. The second-order valence-corrected chi connectivity index (χ2v) is 4.51. The molecule has 0 aliphatic rings. The number of halogens is 3. The van der Waals surface area contributed by atoms with Crippen LogP contribution < -0.4 is 4.90 Å². The Morgan fingerprint density at radius 2 is 1.77 bits per heavy atom. The fourth-order valence-electron chi connectivity index (χ4n) is 1.63. The molecule has 1 amide bonds. The van der Waals surface area contributed by atoms with E-state index in [-0.39, 0.29) is 11.6 Å². The number of rotatable bonds is 3. The molecule has 0 N–H and O–H groups in total. The Balaban J connectivity index is 0.00000211. The molecule has 0 aliphatic heterocycles. The predicted octanol–water partition coefficient (Wildman–Crippen LogP) is 4.26. The van der Waals surface area contributed by atoms with Gasteiger partial charge in [0, 0.05) is 24.7 Å². The molecule has 0 atom stereocenters. The van der Waals surface area contributed by atoms with Gasteiger partial charge in [-0.05, 0) is 12.1 Å². The summed E-state index contributed by atoms with van der Waals surface area (Å²) in [6, 6.07) is 2.48. The van der Waals surface area contributed by atoms with E-state index in [9.17, 15) is 28.1 Å². The summed E-state index contributed by atoms with van der Waals surface area (Å²) in [6.07, 6.45) is -4.86. The second-order valence-electron chi connectivity index (χ2n) is 4.51. The predicted molar refractivity (Wildman–Crippen MR) is 77.7 cm³/mol. The van der Waals surface area contributed by atoms with Crippen LogP contribution in [0.25, 0.3) is 0 Å². The van der Waals surface area contributed by atoms with E-state index in [4.69, 9.17) is 0 Å². The Kier molecular flexibility index (Phi) is 7.02. The highest BCUT2D eigenvalue weighted by Gasteiger charge is 2.38. The highest BCUT2D eigenvalue weighted by atomic mass is 19.4. The number of nitro groups is 1. The Labute approximate surface area is 126 Å². The van der Waals surface area contributed by atoms with Crippen molar-refractivity contribution < 1.29 is 22.9 Å². The summed E-state index contributed by atoms with van der Waals surface area (Å²) in [7, 11) is 1.32. The molecule has 0 bridgehead atoms. The molecule has 0 saturated carbocycles. The molecule has 0 spiro atoms. The van der Waals surface area contributed by atoms with Crippen molar-refractivity contribution in [3.63, 3.8) is 0 Å². The number of carbonyl (C=O) groups is 1. The largest absolute Gasteiger partial charge is 0.423 e. The number of alkyl halides is 3. The second kappa shape index (κ2) is 7.77. The third kappa shape index (κ3) is 4.71. The molecule has 1 aromatic rings. The van der Waals surface area contributed by atoms with Crippen molar-refractivity contribution >= 4 is 17.3 Å². The zero-order chi connectivity index (χ0) is 17.7. The van der Waals surface area contributed by atoms with Crippen LogP contribution in [0.1, 0.15) is 33.3 Å². The first-order valence-electron chi connectivity index (χ1n) is 6.69. The van der Waals surface area contributed by atoms with Gasteiger partial charge in [-0.3, -0.25) is 14.9 Å². The Morgan fingerprint density at radius 3 is 2.14 bits per heavy atom. The molecule has 8 heteroatoms. The minimum Gasteiger partial charge on any atom is -0.315 e. The molecule has 0 aliphatic carbocycles. The Morgan fingerprint density at radius 1 is 1.27 bits per heavy atom. The summed E-state index contributed by atoms with van der Waals surface area (Å²) in [6.45, 7) is 7.21. The van der Waals surface area contributed by atoms with Crippen LogP contribution in [0.4, 0.5) is 24.5 Å². The van der Waals surface area contributed by atoms with Crippen LogP contribution in [-0.4, -0.2) is 17.9 Å². The number of hydrogen-bond donors (Lipinski definition) is 0. The fraction of sp³-hybridized carbons (Fsp3) is 0.500. The molecule has 124 valence electrons. The lowest BCUT2D eigenvalue weighted by Gasteiger charge is -2.20. The minimum absolute atomic E-state index is 0.0402. The van der Waals surface area contributed by atoms with E-state index in [0.717, 1.165) is 17.0 Å². The highest BCUT2D eigenvalue weighted by molar-refractivity contribution is 5.94. The summed E-state index contributed by atoms with van der Waals surface area (Å²) in [5.41, 5.74) is -2.45. The molecule has 0 heterocycles. The molecule has 0 unspecified atom stereocenters. The van der Waals surface area contributed by atoms with Crippen LogP contribution in [-0.2, 0) is 11.0 Å². The number of amides is 1. The van der Waals surface area contributed by atoms with Gasteiger partial charge in [0.25, 0.3) is 5.69 Å². The lowest BCUT2D eigenvalue weighted by atomic mass is 10.1. The van der Waals surface area contributed by atoms with Crippen molar-refractivity contribution in [2.24, 2.45) is 5.92 Å². The number of carbonyl (C=O) groups excluding carboxylic acids is 1. The lowest BCUT2D eigenvalue weighted by molar-refractivity contribution is -0.388. The maximum absolute atomic E-state index is 12.8. The van der Waals surface area contributed by atoms with Crippen molar-refractivity contribution in [3.8, 4) is 0 Å². The SMILES string of the molecule is CC.CC(C)C(=O)N(C)c1ccc([N+](=O)[O-])c(C(F)(F)F)c1. The topological polar surface area (TPSA) is 63.5 Å².